The molecule has 0 saturated carbocycles. The Bertz CT molecular complexity index is 626. The number of piperidine rings is 1. The van der Waals surface area contributed by atoms with E-state index < -0.39 is 0 Å². The summed E-state index contributed by atoms with van der Waals surface area (Å²) in [6.45, 7) is 3.47. The summed E-state index contributed by atoms with van der Waals surface area (Å²) in [6, 6.07) is 7.68. The highest BCUT2D eigenvalue weighted by atomic mass is 32.2. The molecule has 24 heavy (non-hydrogen) atoms. The third-order valence-corrected chi connectivity index (χ3v) is 6.31. The molecule has 2 fully saturated rings. The maximum Gasteiger partial charge on any atom is 0.238 e. The van der Waals surface area contributed by atoms with E-state index in [1.54, 1.807) is 18.9 Å². The number of carbonyl (C=O) groups is 2. The summed E-state index contributed by atoms with van der Waals surface area (Å²) in [5.74, 6) is 1.62. The van der Waals surface area contributed by atoms with Crippen LogP contribution in [0.25, 0.3) is 0 Å². The zero-order valence-corrected chi connectivity index (χ0v) is 15.1. The number of hydrogen-bond donors (Lipinski definition) is 0. The molecule has 1 aromatic carbocycles. The maximum atomic E-state index is 12.5. The number of methoxy groups -OCH3 is 1. The number of nitrogens with zero attached hydrogens (tertiary/aromatic N) is 2. The molecule has 3 rings (SSSR count). The molecule has 1 spiro atoms. The molecule has 5 nitrogen and oxygen atoms in total. The van der Waals surface area contributed by atoms with Gasteiger partial charge in [0.25, 0.3) is 0 Å². The fraction of sp³-hybridized carbons (Fsp3) is 0.556. The first kappa shape index (κ1) is 17.1. The zero-order chi connectivity index (χ0) is 17.2. The Hall–Kier alpha value is -1.69. The van der Waals surface area contributed by atoms with Gasteiger partial charge in [0.05, 0.1) is 17.7 Å². The maximum absolute atomic E-state index is 12.5. The van der Waals surface area contributed by atoms with Crippen LogP contribution in [0.1, 0.15) is 32.6 Å². The minimum absolute atomic E-state index is 0.140. The standard InChI is InChI=1S/C18H24N2O3S/c1-3-5-16(21)19-10-8-18(9-11-19)20(17(22)13-24-18)14-6-4-7-15(12-14)23-2/h4,6-7,12H,3,5,8-11,13H2,1-2H3. The van der Waals surface area contributed by atoms with Crippen molar-refractivity contribution in [2.45, 2.75) is 37.5 Å². The van der Waals surface area contributed by atoms with Gasteiger partial charge in [0.1, 0.15) is 5.75 Å². The Morgan fingerprint density at radius 3 is 2.75 bits per heavy atom. The summed E-state index contributed by atoms with van der Waals surface area (Å²) >= 11 is 1.71. The molecule has 2 aliphatic rings. The van der Waals surface area contributed by atoms with Crippen molar-refractivity contribution in [1.82, 2.24) is 4.90 Å². The van der Waals surface area contributed by atoms with E-state index in [2.05, 4.69) is 0 Å². The summed E-state index contributed by atoms with van der Waals surface area (Å²) < 4.78 is 5.30. The van der Waals surface area contributed by atoms with Gasteiger partial charge in [-0.25, -0.2) is 0 Å². The third-order valence-electron chi connectivity index (χ3n) is 4.79. The normalized spacial score (nSPS) is 19.8. The molecule has 0 atom stereocenters. The topological polar surface area (TPSA) is 49.9 Å². The van der Waals surface area contributed by atoms with E-state index in [0.29, 0.717) is 12.2 Å². The Morgan fingerprint density at radius 2 is 2.08 bits per heavy atom. The number of anilines is 1. The first-order valence-corrected chi connectivity index (χ1v) is 9.47. The number of amides is 2. The molecular weight excluding hydrogens is 324 g/mol. The lowest BCUT2D eigenvalue weighted by atomic mass is 10.0. The third kappa shape index (κ3) is 3.11. The summed E-state index contributed by atoms with van der Waals surface area (Å²) in [6.07, 6.45) is 3.12. The monoisotopic (exact) mass is 348 g/mol. The van der Waals surface area contributed by atoms with Crippen LogP contribution in [-0.2, 0) is 9.59 Å². The molecule has 0 N–H and O–H groups in total. The van der Waals surface area contributed by atoms with Crippen LogP contribution < -0.4 is 9.64 Å². The molecule has 0 aliphatic carbocycles. The van der Waals surface area contributed by atoms with Gasteiger partial charge in [-0.3, -0.25) is 14.5 Å². The molecular formula is C18H24N2O3S. The summed E-state index contributed by atoms with van der Waals surface area (Å²) in [4.78, 5) is 28.3. The SMILES string of the molecule is CCCC(=O)N1CCC2(CC1)SCC(=O)N2c1cccc(OC)c1. The predicted molar refractivity (Wildman–Crippen MR) is 96.4 cm³/mol. The number of carbonyl (C=O) groups excluding carboxylic acids is 2. The summed E-state index contributed by atoms with van der Waals surface area (Å²) in [5.41, 5.74) is 0.887. The van der Waals surface area contributed by atoms with Crippen LogP contribution in [0.2, 0.25) is 0 Å². The Balaban J connectivity index is 1.80. The minimum atomic E-state index is -0.230. The van der Waals surface area contributed by atoms with Gasteiger partial charge in [-0.05, 0) is 31.4 Å². The van der Waals surface area contributed by atoms with Crippen LogP contribution in [0.3, 0.4) is 0 Å². The van der Waals surface area contributed by atoms with Gasteiger partial charge in [0, 0.05) is 31.3 Å². The number of ether oxygens (including phenoxy) is 1. The van der Waals surface area contributed by atoms with Crippen molar-refractivity contribution in [3.8, 4) is 5.75 Å². The highest BCUT2D eigenvalue weighted by Gasteiger charge is 2.49. The fourth-order valence-electron chi connectivity index (χ4n) is 3.53. The molecule has 0 bridgehead atoms. The van der Waals surface area contributed by atoms with Crippen LogP contribution in [0, 0.1) is 0 Å². The van der Waals surface area contributed by atoms with Gasteiger partial charge in [-0.1, -0.05) is 13.0 Å². The van der Waals surface area contributed by atoms with E-state index in [1.165, 1.54) is 0 Å². The second kappa shape index (κ2) is 7.05. The first-order chi connectivity index (χ1) is 11.6. The summed E-state index contributed by atoms with van der Waals surface area (Å²) in [5, 5.41) is 0. The number of rotatable bonds is 4. The van der Waals surface area contributed by atoms with Gasteiger partial charge >= 0.3 is 0 Å². The summed E-state index contributed by atoms with van der Waals surface area (Å²) in [7, 11) is 1.63. The zero-order valence-electron chi connectivity index (χ0n) is 14.3. The number of hydrogen-bond acceptors (Lipinski definition) is 4. The van der Waals surface area contributed by atoms with Crippen molar-refractivity contribution in [3.63, 3.8) is 0 Å². The molecule has 1 aromatic rings. The number of thioether (sulfide) groups is 1. The van der Waals surface area contributed by atoms with Crippen molar-refractivity contribution in [3.05, 3.63) is 24.3 Å². The number of benzene rings is 1. The van der Waals surface area contributed by atoms with Crippen LogP contribution in [-0.4, -0.2) is 47.5 Å². The Kier molecular flexibility index (Phi) is 5.04. The van der Waals surface area contributed by atoms with Crippen LogP contribution >= 0.6 is 11.8 Å². The Morgan fingerprint density at radius 1 is 1.33 bits per heavy atom. The molecule has 0 aromatic heterocycles. The molecule has 2 aliphatic heterocycles. The van der Waals surface area contributed by atoms with Gasteiger partial charge in [-0.2, -0.15) is 0 Å². The molecule has 2 amide bonds. The second-order valence-corrected chi connectivity index (χ2v) is 7.63. The van der Waals surface area contributed by atoms with E-state index in [1.807, 2.05) is 41.0 Å². The smallest absolute Gasteiger partial charge is 0.238 e. The van der Waals surface area contributed by atoms with E-state index in [0.717, 1.165) is 43.8 Å². The molecule has 130 valence electrons. The quantitative estimate of drug-likeness (QED) is 0.839. The van der Waals surface area contributed by atoms with Crippen molar-refractivity contribution in [2.75, 3.05) is 30.9 Å². The van der Waals surface area contributed by atoms with E-state index in [-0.39, 0.29) is 16.7 Å². The number of likely N-dealkylation sites (tertiary alicyclic amines) is 1. The molecule has 0 unspecified atom stereocenters. The van der Waals surface area contributed by atoms with Crippen molar-refractivity contribution in [1.29, 1.82) is 0 Å². The largest absolute Gasteiger partial charge is 0.497 e. The van der Waals surface area contributed by atoms with Crippen LogP contribution in [0.15, 0.2) is 24.3 Å². The average Bonchev–Trinajstić information content (AvgIpc) is 2.92. The fourth-order valence-corrected chi connectivity index (χ4v) is 4.86. The lowest BCUT2D eigenvalue weighted by Crippen LogP contribution is -2.53. The highest BCUT2D eigenvalue weighted by molar-refractivity contribution is 8.02. The van der Waals surface area contributed by atoms with E-state index in [9.17, 15) is 9.59 Å². The average molecular weight is 348 g/mol. The first-order valence-electron chi connectivity index (χ1n) is 8.48. The van der Waals surface area contributed by atoms with Gasteiger partial charge in [-0.15, -0.1) is 11.8 Å². The second-order valence-electron chi connectivity index (χ2n) is 6.30. The van der Waals surface area contributed by atoms with Crippen molar-refractivity contribution < 1.29 is 14.3 Å². The van der Waals surface area contributed by atoms with Gasteiger partial charge in [0.2, 0.25) is 11.8 Å². The van der Waals surface area contributed by atoms with Gasteiger partial charge < -0.3 is 9.64 Å². The van der Waals surface area contributed by atoms with Crippen LogP contribution in [0.4, 0.5) is 5.69 Å². The highest BCUT2D eigenvalue weighted by Crippen LogP contribution is 2.47. The van der Waals surface area contributed by atoms with Crippen molar-refractivity contribution in [2.24, 2.45) is 0 Å². The van der Waals surface area contributed by atoms with Gasteiger partial charge in [0.15, 0.2) is 0 Å². The van der Waals surface area contributed by atoms with E-state index >= 15 is 0 Å². The molecule has 2 heterocycles. The Labute approximate surface area is 147 Å². The lowest BCUT2D eigenvalue weighted by Gasteiger charge is -2.44. The predicted octanol–water partition coefficient (Wildman–Crippen LogP) is 2.89. The molecule has 6 heteroatoms. The van der Waals surface area contributed by atoms with Crippen LogP contribution in [0.5, 0.6) is 5.75 Å². The minimum Gasteiger partial charge on any atom is -0.497 e. The lowest BCUT2D eigenvalue weighted by molar-refractivity contribution is -0.132. The van der Waals surface area contributed by atoms with Crippen molar-refractivity contribution >= 4 is 29.3 Å². The molecule has 2 saturated heterocycles. The van der Waals surface area contributed by atoms with E-state index in [4.69, 9.17) is 4.74 Å². The molecule has 0 radical (unpaired) electrons.